The summed E-state index contributed by atoms with van der Waals surface area (Å²) < 4.78 is 20.4. The normalized spacial score (nSPS) is 19.5. The second-order valence-corrected chi connectivity index (χ2v) is 10.5. The van der Waals surface area contributed by atoms with Crippen LogP contribution in [0, 0.1) is 0 Å². The number of hydrogen-bond donors (Lipinski definition) is 1. The summed E-state index contributed by atoms with van der Waals surface area (Å²) in [5.74, 6) is -0.130. The third-order valence-corrected chi connectivity index (χ3v) is 8.56. The van der Waals surface area contributed by atoms with Crippen molar-refractivity contribution in [3.8, 4) is 0 Å². The molecule has 1 N–H and O–H groups in total. The molecule has 1 unspecified atom stereocenters. The van der Waals surface area contributed by atoms with Gasteiger partial charge in [-0.25, -0.2) is 4.98 Å². The fraction of sp³-hybridized carbons (Fsp3) is 0.440. The molecule has 1 atom stereocenters. The van der Waals surface area contributed by atoms with Crippen LogP contribution < -0.4 is 5.32 Å². The van der Waals surface area contributed by atoms with E-state index in [0.29, 0.717) is 18.2 Å². The number of pyridine rings is 1. The Morgan fingerprint density at radius 3 is 2.61 bits per heavy atom. The molecule has 5 rings (SSSR count). The van der Waals surface area contributed by atoms with Crippen LogP contribution in [-0.2, 0) is 22.5 Å². The second-order valence-electron chi connectivity index (χ2n) is 8.81. The molecule has 7 nitrogen and oxygen atoms in total. The van der Waals surface area contributed by atoms with Gasteiger partial charge in [-0.3, -0.25) is 9.69 Å². The Labute approximate surface area is 197 Å². The third-order valence-electron chi connectivity index (χ3n) is 6.75. The van der Waals surface area contributed by atoms with Gasteiger partial charge in [0.05, 0.1) is 5.56 Å². The number of ether oxygens (including phenoxy) is 1. The summed E-state index contributed by atoms with van der Waals surface area (Å²) in [7, 11) is 0. The molecule has 174 valence electrons. The molecule has 2 aliphatic heterocycles. The Bertz CT molecular complexity index is 1070. The van der Waals surface area contributed by atoms with E-state index in [1.165, 1.54) is 0 Å². The number of carbonyl (C=O) groups is 1. The number of amides is 1. The number of fused-ring (bicyclic) bond motifs is 1. The molecule has 4 heterocycles. The van der Waals surface area contributed by atoms with E-state index in [1.54, 1.807) is 18.5 Å². The average Bonchev–Trinajstić information content (AvgIpc) is 3.36. The molecule has 33 heavy (non-hydrogen) atoms. The lowest BCUT2D eigenvalue weighted by Crippen LogP contribution is -2.46. The molecule has 2 saturated heterocycles. The highest BCUT2D eigenvalue weighted by molar-refractivity contribution is 7.92. The number of nitrogens with zero attached hydrogens (tertiary/aromatic N) is 3. The van der Waals surface area contributed by atoms with Gasteiger partial charge in [0.2, 0.25) is 0 Å². The minimum atomic E-state index is -0.997. The Kier molecular flexibility index (Phi) is 6.96. The minimum Gasteiger partial charge on any atom is -0.611 e. The molecule has 1 aromatic carbocycles. The van der Waals surface area contributed by atoms with E-state index in [2.05, 4.69) is 15.2 Å². The van der Waals surface area contributed by atoms with Crippen LogP contribution in [0.3, 0.4) is 0 Å². The summed E-state index contributed by atoms with van der Waals surface area (Å²) in [6.45, 7) is 4.20. The van der Waals surface area contributed by atoms with Crippen molar-refractivity contribution in [3.05, 3.63) is 66.1 Å². The van der Waals surface area contributed by atoms with Crippen LogP contribution in [0.25, 0.3) is 5.65 Å². The van der Waals surface area contributed by atoms with Crippen LogP contribution >= 0.6 is 0 Å². The smallest absolute Gasteiger partial charge is 0.253 e. The Morgan fingerprint density at radius 2 is 1.85 bits per heavy atom. The number of aromatic nitrogens is 2. The van der Waals surface area contributed by atoms with Crippen LogP contribution in [0.5, 0.6) is 0 Å². The lowest BCUT2D eigenvalue weighted by Gasteiger charge is -2.39. The molecule has 0 radical (unpaired) electrons. The highest BCUT2D eigenvalue weighted by Gasteiger charge is 2.32. The van der Waals surface area contributed by atoms with Crippen LogP contribution in [0.1, 0.15) is 41.6 Å². The number of carbonyl (C=O) groups excluding carboxylic acids is 1. The topological polar surface area (TPSA) is 81.9 Å². The van der Waals surface area contributed by atoms with E-state index in [-0.39, 0.29) is 11.2 Å². The first-order valence-corrected chi connectivity index (χ1v) is 12.9. The zero-order valence-electron chi connectivity index (χ0n) is 18.7. The zero-order valence-corrected chi connectivity index (χ0v) is 19.5. The summed E-state index contributed by atoms with van der Waals surface area (Å²) in [5.41, 5.74) is 2.39. The highest BCUT2D eigenvalue weighted by atomic mass is 32.2. The van der Waals surface area contributed by atoms with Gasteiger partial charge in [-0.2, -0.15) is 0 Å². The van der Waals surface area contributed by atoms with Crippen molar-refractivity contribution in [1.82, 2.24) is 19.6 Å². The first-order chi connectivity index (χ1) is 16.2. The van der Waals surface area contributed by atoms with Gasteiger partial charge in [-0.05, 0) is 53.8 Å². The van der Waals surface area contributed by atoms with Gasteiger partial charge in [0.15, 0.2) is 4.90 Å². The van der Waals surface area contributed by atoms with Gasteiger partial charge in [-0.15, -0.1) is 0 Å². The van der Waals surface area contributed by atoms with Crippen LogP contribution in [-0.4, -0.2) is 62.3 Å². The van der Waals surface area contributed by atoms with Gasteiger partial charge >= 0.3 is 0 Å². The maximum Gasteiger partial charge on any atom is 0.253 e. The Balaban J connectivity index is 1.12. The number of rotatable bonds is 6. The maximum atomic E-state index is 13.1. The minimum absolute atomic E-state index is 0.130. The van der Waals surface area contributed by atoms with E-state index < -0.39 is 11.2 Å². The van der Waals surface area contributed by atoms with Crippen LogP contribution in [0.4, 0.5) is 0 Å². The van der Waals surface area contributed by atoms with Crippen molar-refractivity contribution in [1.29, 1.82) is 0 Å². The fourth-order valence-corrected chi connectivity index (χ4v) is 6.21. The van der Waals surface area contributed by atoms with Crippen molar-refractivity contribution in [2.24, 2.45) is 0 Å². The van der Waals surface area contributed by atoms with E-state index in [1.807, 2.05) is 40.9 Å². The van der Waals surface area contributed by atoms with Gasteiger partial charge in [0.25, 0.3) is 5.91 Å². The fourth-order valence-electron chi connectivity index (χ4n) is 4.78. The molecule has 8 heteroatoms. The second kappa shape index (κ2) is 10.3. The number of benzene rings is 1. The number of nitrogens with one attached hydrogen (secondary N) is 1. The predicted octanol–water partition coefficient (Wildman–Crippen LogP) is 3.02. The number of hydrogen-bond acceptors (Lipinski definition) is 5. The molecule has 0 spiro atoms. The number of likely N-dealkylation sites (tertiary alicyclic amines) is 1. The number of piperidine rings is 1. The third kappa shape index (κ3) is 5.24. The molecule has 1 amide bonds. The zero-order chi connectivity index (χ0) is 22.6. The van der Waals surface area contributed by atoms with Crippen molar-refractivity contribution >= 4 is 22.7 Å². The summed E-state index contributed by atoms with van der Waals surface area (Å²) in [6, 6.07) is 12.0. The summed E-state index contributed by atoms with van der Waals surface area (Å²) >= 11 is -0.997. The first-order valence-electron chi connectivity index (χ1n) is 11.7. The van der Waals surface area contributed by atoms with Crippen molar-refractivity contribution in [2.75, 3.05) is 26.3 Å². The number of imidazole rings is 1. The van der Waals surface area contributed by atoms with Crippen molar-refractivity contribution in [2.45, 2.75) is 48.4 Å². The van der Waals surface area contributed by atoms with Crippen LogP contribution in [0.2, 0.25) is 0 Å². The Hall–Kier alpha value is -2.39. The van der Waals surface area contributed by atoms with E-state index in [0.717, 1.165) is 68.1 Å². The van der Waals surface area contributed by atoms with Gasteiger partial charge in [0.1, 0.15) is 10.9 Å². The van der Waals surface area contributed by atoms with Gasteiger partial charge < -0.3 is 19.0 Å². The Morgan fingerprint density at radius 1 is 1.09 bits per heavy atom. The molecule has 0 bridgehead atoms. The summed E-state index contributed by atoms with van der Waals surface area (Å²) in [4.78, 5) is 20.1. The first kappa shape index (κ1) is 22.4. The lowest BCUT2D eigenvalue weighted by atomic mass is 10.0. The van der Waals surface area contributed by atoms with Gasteiger partial charge in [-0.1, -0.05) is 12.1 Å². The molecule has 3 aromatic rings. The standard InChI is InChI=1S/C25H30N4O3S/c30-25(20-3-6-24-26-11-14-29(24)18-20)27-17-19-1-4-22(5-2-19)33(31)23-7-12-28(13-8-23)21-9-15-32-16-10-21/h1-6,11,14,18,21,23H,7-10,12-13,15-17H2,(H,27,30). The van der Waals surface area contributed by atoms with E-state index in [4.69, 9.17) is 4.74 Å². The average molecular weight is 467 g/mol. The molecule has 0 saturated carbocycles. The van der Waals surface area contributed by atoms with Crippen LogP contribution in [0.15, 0.2) is 59.9 Å². The van der Waals surface area contributed by atoms with Crippen molar-refractivity contribution < 1.29 is 14.1 Å². The maximum absolute atomic E-state index is 13.1. The monoisotopic (exact) mass is 466 g/mol. The van der Waals surface area contributed by atoms with E-state index >= 15 is 0 Å². The molecular formula is C25H30N4O3S. The highest BCUT2D eigenvalue weighted by Crippen LogP contribution is 2.27. The summed E-state index contributed by atoms with van der Waals surface area (Å²) in [5, 5.41) is 3.17. The van der Waals surface area contributed by atoms with Crippen molar-refractivity contribution in [3.63, 3.8) is 0 Å². The largest absolute Gasteiger partial charge is 0.611 e. The molecule has 2 fully saturated rings. The quantitative estimate of drug-likeness (QED) is 0.565. The van der Waals surface area contributed by atoms with Gasteiger partial charge in [0, 0.05) is 70.3 Å². The predicted molar refractivity (Wildman–Crippen MR) is 128 cm³/mol. The SMILES string of the molecule is O=C(NCc1ccc([S+]([O-])C2CCN(C3CCOCC3)CC2)cc1)c1ccc2nccn2c1. The lowest BCUT2D eigenvalue weighted by molar-refractivity contribution is 0.0277. The molecular weight excluding hydrogens is 436 g/mol. The molecule has 2 aromatic heterocycles. The van der Waals surface area contributed by atoms with E-state index in [9.17, 15) is 9.35 Å². The molecule has 2 aliphatic rings. The molecule has 0 aliphatic carbocycles. The summed E-state index contributed by atoms with van der Waals surface area (Å²) in [6.07, 6.45) is 9.48.